The first kappa shape index (κ1) is 25.3. The van der Waals surface area contributed by atoms with Crippen molar-refractivity contribution in [3.8, 4) is 16.9 Å². The lowest BCUT2D eigenvalue weighted by Crippen LogP contribution is -2.28. The highest BCUT2D eigenvalue weighted by Gasteiger charge is 2.13. The van der Waals surface area contributed by atoms with Crippen molar-refractivity contribution in [1.82, 2.24) is 15.2 Å². The molecule has 1 amide bonds. The summed E-state index contributed by atoms with van der Waals surface area (Å²) in [5, 5.41) is 4.23. The first-order valence-corrected chi connectivity index (χ1v) is 12.7. The summed E-state index contributed by atoms with van der Waals surface area (Å²) in [6, 6.07) is 14.7. The van der Waals surface area contributed by atoms with E-state index in [-0.39, 0.29) is 5.91 Å². The number of pyridine rings is 1. The lowest BCUT2D eigenvalue weighted by atomic mass is 10.0. The van der Waals surface area contributed by atoms with Crippen LogP contribution in [0.1, 0.15) is 35.2 Å². The topological polar surface area (TPSA) is 80.5 Å². The number of hydrogen-bond donors (Lipinski definition) is 2. The third-order valence-electron chi connectivity index (χ3n) is 6.15. The van der Waals surface area contributed by atoms with Gasteiger partial charge in [-0.2, -0.15) is 0 Å². The lowest BCUT2D eigenvalue weighted by molar-refractivity contribution is 0.0952. The Kier molecular flexibility index (Phi) is 8.85. The van der Waals surface area contributed by atoms with Crippen LogP contribution in [0.3, 0.4) is 0 Å². The number of likely N-dealkylation sites (tertiary alicyclic amines) is 1. The summed E-state index contributed by atoms with van der Waals surface area (Å²) in [5.74, 6) is 0.693. The van der Waals surface area contributed by atoms with Crippen molar-refractivity contribution in [3.05, 3.63) is 75.9 Å². The lowest BCUT2D eigenvalue weighted by Gasteiger charge is -2.14. The molecule has 1 fully saturated rings. The standard InChI is InChI=1S/C27H30Cl2N4O2/c28-23-8-4-9-24(29)22(23)10-15-35-25-17-21(18-32-26(25)30)19-6-3-7-20(16-19)27(34)31-11-5-14-33-12-1-2-13-33/h3-4,6-9,16-18H,1-2,5,10-15H2,(H2,30,32)(H,31,34). The molecule has 4 rings (SSSR count). The van der Waals surface area contributed by atoms with Gasteiger partial charge in [0.25, 0.3) is 5.91 Å². The number of nitrogens with zero attached hydrogens (tertiary/aromatic N) is 2. The van der Waals surface area contributed by atoms with Crippen LogP contribution in [0.2, 0.25) is 10.0 Å². The highest BCUT2D eigenvalue weighted by Crippen LogP contribution is 2.29. The van der Waals surface area contributed by atoms with Crippen LogP contribution in [0.4, 0.5) is 5.82 Å². The van der Waals surface area contributed by atoms with E-state index in [1.54, 1.807) is 18.3 Å². The molecule has 0 atom stereocenters. The summed E-state index contributed by atoms with van der Waals surface area (Å²) in [7, 11) is 0. The van der Waals surface area contributed by atoms with E-state index in [1.807, 2.05) is 36.4 Å². The summed E-state index contributed by atoms with van der Waals surface area (Å²) < 4.78 is 5.91. The zero-order valence-electron chi connectivity index (χ0n) is 19.6. The van der Waals surface area contributed by atoms with Crippen molar-refractivity contribution >= 4 is 34.9 Å². The van der Waals surface area contributed by atoms with Crippen LogP contribution >= 0.6 is 23.2 Å². The second kappa shape index (κ2) is 12.2. The zero-order chi connectivity index (χ0) is 24.6. The number of nitrogens with one attached hydrogen (secondary N) is 1. The largest absolute Gasteiger partial charge is 0.489 e. The molecule has 1 aliphatic rings. The molecule has 35 heavy (non-hydrogen) atoms. The average molecular weight is 513 g/mol. The van der Waals surface area contributed by atoms with Gasteiger partial charge in [0, 0.05) is 40.3 Å². The number of rotatable bonds is 10. The van der Waals surface area contributed by atoms with Gasteiger partial charge in [0.2, 0.25) is 0 Å². The predicted molar refractivity (Wildman–Crippen MR) is 142 cm³/mol. The van der Waals surface area contributed by atoms with E-state index in [4.69, 9.17) is 33.7 Å². The molecule has 2 aromatic carbocycles. The molecule has 2 heterocycles. The van der Waals surface area contributed by atoms with Gasteiger partial charge >= 0.3 is 0 Å². The Balaban J connectivity index is 1.36. The van der Waals surface area contributed by atoms with Gasteiger partial charge in [-0.1, -0.05) is 41.4 Å². The molecule has 8 heteroatoms. The predicted octanol–water partition coefficient (Wildman–Crippen LogP) is 5.47. The number of hydrogen-bond acceptors (Lipinski definition) is 5. The van der Waals surface area contributed by atoms with E-state index < -0.39 is 0 Å². The molecule has 3 aromatic rings. The Morgan fingerprint density at radius 1 is 1.06 bits per heavy atom. The Morgan fingerprint density at radius 3 is 2.57 bits per heavy atom. The molecule has 1 saturated heterocycles. The first-order valence-electron chi connectivity index (χ1n) is 11.9. The smallest absolute Gasteiger partial charge is 0.251 e. The van der Waals surface area contributed by atoms with Crippen LogP contribution in [0.5, 0.6) is 5.75 Å². The normalized spacial score (nSPS) is 13.7. The Labute approximate surface area is 216 Å². The summed E-state index contributed by atoms with van der Waals surface area (Å²) >= 11 is 12.5. The molecule has 1 aromatic heterocycles. The molecule has 3 N–H and O–H groups in total. The summed E-state index contributed by atoms with van der Waals surface area (Å²) in [6.45, 7) is 4.38. The molecule has 184 valence electrons. The minimum absolute atomic E-state index is 0.0789. The molecule has 0 unspecified atom stereocenters. The Morgan fingerprint density at radius 2 is 1.80 bits per heavy atom. The minimum atomic E-state index is -0.0789. The molecule has 0 aliphatic carbocycles. The van der Waals surface area contributed by atoms with E-state index >= 15 is 0 Å². The van der Waals surface area contributed by atoms with Crippen LogP contribution in [0, 0.1) is 0 Å². The minimum Gasteiger partial charge on any atom is -0.489 e. The van der Waals surface area contributed by atoms with Gasteiger partial charge in [0.05, 0.1) is 6.61 Å². The number of nitrogens with two attached hydrogens (primary N) is 1. The molecule has 0 radical (unpaired) electrons. The number of benzene rings is 2. The maximum absolute atomic E-state index is 12.7. The second-order valence-electron chi connectivity index (χ2n) is 8.65. The van der Waals surface area contributed by atoms with Gasteiger partial charge in [-0.3, -0.25) is 4.79 Å². The first-order chi connectivity index (χ1) is 17.0. The van der Waals surface area contributed by atoms with Crippen LogP contribution < -0.4 is 15.8 Å². The molecule has 1 aliphatic heterocycles. The highest BCUT2D eigenvalue weighted by atomic mass is 35.5. The van der Waals surface area contributed by atoms with Crippen LogP contribution in [-0.2, 0) is 6.42 Å². The average Bonchev–Trinajstić information content (AvgIpc) is 3.38. The molecule has 6 nitrogen and oxygen atoms in total. The quantitative estimate of drug-likeness (QED) is 0.351. The molecular weight excluding hydrogens is 483 g/mol. The van der Waals surface area contributed by atoms with Gasteiger partial charge < -0.3 is 20.7 Å². The third kappa shape index (κ3) is 6.88. The number of carbonyl (C=O) groups is 1. The van der Waals surface area contributed by atoms with E-state index in [1.165, 1.54) is 25.9 Å². The number of carbonyl (C=O) groups excluding carboxylic acids is 1. The highest BCUT2D eigenvalue weighted by molar-refractivity contribution is 6.36. The molecule has 0 saturated carbocycles. The molecular formula is C27H30Cl2N4O2. The summed E-state index contributed by atoms with van der Waals surface area (Å²) in [5.41, 5.74) is 9.16. The third-order valence-corrected chi connectivity index (χ3v) is 6.85. The van der Waals surface area contributed by atoms with Gasteiger partial charge in [-0.05, 0) is 80.4 Å². The number of amides is 1. The fourth-order valence-electron chi connectivity index (χ4n) is 4.22. The monoisotopic (exact) mass is 512 g/mol. The maximum Gasteiger partial charge on any atom is 0.251 e. The van der Waals surface area contributed by atoms with Crippen LogP contribution in [0.25, 0.3) is 11.1 Å². The van der Waals surface area contributed by atoms with Gasteiger partial charge in [0.1, 0.15) is 0 Å². The summed E-state index contributed by atoms with van der Waals surface area (Å²) in [6.07, 6.45) is 5.73. The number of aromatic nitrogens is 1. The number of halogens is 2. The van der Waals surface area contributed by atoms with Crippen molar-refractivity contribution in [2.75, 3.05) is 38.5 Å². The van der Waals surface area contributed by atoms with E-state index in [9.17, 15) is 4.79 Å². The molecule has 0 spiro atoms. The second-order valence-corrected chi connectivity index (χ2v) is 9.46. The van der Waals surface area contributed by atoms with Gasteiger partial charge in [-0.15, -0.1) is 0 Å². The number of ether oxygens (including phenoxy) is 1. The van der Waals surface area contributed by atoms with E-state index in [0.717, 1.165) is 29.7 Å². The Bertz CT molecular complexity index is 1150. The van der Waals surface area contributed by atoms with Crippen molar-refractivity contribution in [2.45, 2.75) is 25.7 Å². The maximum atomic E-state index is 12.7. The van der Waals surface area contributed by atoms with E-state index in [0.29, 0.717) is 46.7 Å². The fraction of sp³-hybridized carbons (Fsp3) is 0.333. The number of nitrogen functional groups attached to an aromatic ring is 1. The van der Waals surface area contributed by atoms with Crippen molar-refractivity contribution in [1.29, 1.82) is 0 Å². The molecule has 0 bridgehead atoms. The Hall–Kier alpha value is -2.80. The van der Waals surface area contributed by atoms with E-state index in [2.05, 4.69) is 15.2 Å². The van der Waals surface area contributed by atoms with Gasteiger partial charge in [-0.25, -0.2) is 4.98 Å². The van der Waals surface area contributed by atoms with Crippen molar-refractivity contribution in [2.24, 2.45) is 0 Å². The van der Waals surface area contributed by atoms with Crippen molar-refractivity contribution in [3.63, 3.8) is 0 Å². The summed E-state index contributed by atoms with van der Waals surface area (Å²) in [4.78, 5) is 19.4. The van der Waals surface area contributed by atoms with Crippen LogP contribution in [0.15, 0.2) is 54.7 Å². The van der Waals surface area contributed by atoms with Crippen molar-refractivity contribution < 1.29 is 9.53 Å². The SMILES string of the molecule is Nc1ncc(-c2cccc(C(=O)NCCCN3CCCC3)c2)cc1OCCc1c(Cl)cccc1Cl. The zero-order valence-corrected chi connectivity index (χ0v) is 21.1. The van der Waals surface area contributed by atoms with Gasteiger partial charge in [0.15, 0.2) is 11.6 Å². The van der Waals surface area contributed by atoms with Crippen LogP contribution in [-0.4, -0.2) is 48.6 Å². The number of anilines is 1. The fourth-order valence-corrected chi connectivity index (χ4v) is 4.80.